The highest BCUT2D eigenvalue weighted by molar-refractivity contribution is 7.91. The zero-order valence-corrected chi connectivity index (χ0v) is 18.6. The van der Waals surface area contributed by atoms with E-state index in [9.17, 15) is 13.2 Å². The number of aryl methyl sites for hydroxylation is 1. The smallest absolute Gasteiger partial charge is 0.252 e. The van der Waals surface area contributed by atoms with Crippen molar-refractivity contribution in [2.45, 2.75) is 36.8 Å². The maximum Gasteiger partial charge on any atom is 0.252 e. The Morgan fingerprint density at radius 2 is 1.93 bits per heavy atom. The van der Waals surface area contributed by atoms with Crippen molar-refractivity contribution in [3.8, 4) is 5.75 Å². The van der Waals surface area contributed by atoms with Gasteiger partial charge in [0, 0.05) is 25.0 Å². The molecule has 2 heterocycles. The lowest BCUT2D eigenvalue weighted by molar-refractivity contribution is -0.129. The molecule has 1 aliphatic heterocycles. The number of benzene rings is 1. The number of hydrogen-bond acceptors (Lipinski definition) is 5. The van der Waals surface area contributed by atoms with Gasteiger partial charge < -0.3 is 9.64 Å². The van der Waals surface area contributed by atoms with E-state index in [0.717, 1.165) is 35.5 Å². The van der Waals surface area contributed by atoms with Gasteiger partial charge in [-0.15, -0.1) is 11.3 Å². The van der Waals surface area contributed by atoms with E-state index in [2.05, 4.69) is 0 Å². The Morgan fingerprint density at radius 1 is 1.17 bits per heavy atom. The molecule has 0 aliphatic carbocycles. The van der Waals surface area contributed by atoms with Crippen molar-refractivity contribution in [2.24, 2.45) is 0 Å². The van der Waals surface area contributed by atoms with Gasteiger partial charge in [0.1, 0.15) is 16.6 Å². The third-order valence-corrected chi connectivity index (χ3v) is 8.43. The number of nitrogens with zero attached hydrogens (tertiary/aromatic N) is 2. The molecular weight excluding hydrogens is 408 g/mol. The number of piperidine rings is 1. The number of hydrogen-bond donors (Lipinski definition) is 0. The van der Waals surface area contributed by atoms with Crippen LogP contribution in [0.5, 0.6) is 5.75 Å². The molecule has 1 aromatic carbocycles. The number of carbonyl (C=O) groups is 1. The summed E-state index contributed by atoms with van der Waals surface area (Å²) in [6, 6.07) is 11.2. The summed E-state index contributed by atoms with van der Waals surface area (Å²) in [5, 5.41) is 0. The third-order valence-electron chi connectivity index (χ3n) is 4.98. The van der Waals surface area contributed by atoms with E-state index in [4.69, 9.17) is 4.74 Å². The molecule has 0 atom stereocenters. The van der Waals surface area contributed by atoms with Gasteiger partial charge in [0.15, 0.2) is 0 Å². The first-order valence-corrected chi connectivity index (χ1v) is 12.1. The van der Waals surface area contributed by atoms with Crippen LogP contribution in [0.4, 0.5) is 0 Å². The van der Waals surface area contributed by atoms with E-state index in [1.807, 2.05) is 31.2 Å². The van der Waals surface area contributed by atoms with E-state index in [-0.39, 0.29) is 12.3 Å². The predicted octanol–water partition coefficient (Wildman–Crippen LogP) is 3.31. The SMILES string of the molecule is Cc1cccc(OCCN(C)C(=O)Cc2ccc(S(=O)(=O)N3CCCCC3)s2)c1. The lowest BCUT2D eigenvalue weighted by atomic mass is 10.2. The fourth-order valence-electron chi connectivity index (χ4n) is 3.24. The summed E-state index contributed by atoms with van der Waals surface area (Å²) in [7, 11) is -1.70. The Morgan fingerprint density at radius 3 is 2.66 bits per heavy atom. The minimum Gasteiger partial charge on any atom is -0.492 e. The minimum absolute atomic E-state index is 0.0541. The second kappa shape index (κ2) is 9.73. The van der Waals surface area contributed by atoms with Crippen molar-refractivity contribution in [3.63, 3.8) is 0 Å². The molecule has 1 aromatic heterocycles. The first kappa shape index (κ1) is 21.8. The summed E-state index contributed by atoms with van der Waals surface area (Å²) in [5.74, 6) is 0.735. The first-order valence-electron chi connectivity index (χ1n) is 9.88. The van der Waals surface area contributed by atoms with Crippen molar-refractivity contribution in [1.29, 1.82) is 0 Å². The molecular formula is C21H28N2O4S2. The Bertz CT molecular complexity index is 934. The molecule has 6 nitrogen and oxygen atoms in total. The van der Waals surface area contributed by atoms with Gasteiger partial charge in [-0.3, -0.25) is 4.79 Å². The van der Waals surface area contributed by atoms with Gasteiger partial charge in [-0.2, -0.15) is 4.31 Å². The van der Waals surface area contributed by atoms with E-state index >= 15 is 0 Å². The number of sulfonamides is 1. The van der Waals surface area contributed by atoms with E-state index in [0.29, 0.717) is 30.5 Å². The summed E-state index contributed by atoms with van der Waals surface area (Å²) in [4.78, 5) is 14.9. The van der Waals surface area contributed by atoms with Crippen molar-refractivity contribution in [2.75, 3.05) is 33.3 Å². The van der Waals surface area contributed by atoms with Crippen LogP contribution in [0, 0.1) is 6.92 Å². The molecule has 3 rings (SSSR count). The summed E-state index contributed by atoms with van der Waals surface area (Å²) >= 11 is 1.19. The zero-order valence-electron chi connectivity index (χ0n) is 17.0. The number of carbonyl (C=O) groups excluding carboxylic acids is 1. The Kier molecular flexibility index (Phi) is 7.32. The second-order valence-corrected chi connectivity index (χ2v) is 10.7. The molecule has 1 amide bonds. The Labute approximate surface area is 177 Å². The quantitative estimate of drug-likeness (QED) is 0.637. The van der Waals surface area contributed by atoms with Gasteiger partial charge in [-0.05, 0) is 49.6 Å². The van der Waals surface area contributed by atoms with Crippen LogP contribution in [0.1, 0.15) is 29.7 Å². The van der Waals surface area contributed by atoms with Crippen LogP contribution < -0.4 is 4.74 Å². The average molecular weight is 437 g/mol. The molecule has 0 N–H and O–H groups in total. The lowest BCUT2D eigenvalue weighted by Crippen LogP contribution is -2.35. The summed E-state index contributed by atoms with van der Waals surface area (Å²) in [5.41, 5.74) is 1.12. The highest BCUT2D eigenvalue weighted by Gasteiger charge is 2.27. The molecule has 0 bridgehead atoms. The number of ether oxygens (including phenoxy) is 1. The van der Waals surface area contributed by atoms with E-state index in [1.165, 1.54) is 11.3 Å². The summed E-state index contributed by atoms with van der Waals surface area (Å²) < 4.78 is 33.1. The van der Waals surface area contributed by atoms with Crippen LogP contribution in [0.15, 0.2) is 40.6 Å². The van der Waals surface area contributed by atoms with Gasteiger partial charge in [-0.25, -0.2) is 8.42 Å². The van der Waals surface area contributed by atoms with Crippen molar-refractivity contribution in [3.05, 3.63) is 46.8 Å². The van der Waals surface area contributed by atoms with Crippen LogP contribution in [-0.2, 0) is 21.2 Å². The number of likely N-dealkylation sites (N-methyl/N-ethyl adjacent to an activating group) is 1. The highest BCUT2D eigenvalue weighted by atomic mass is 32.2. The first-order chi connectivity index (χ1) is 13.9. The number of amides is 1. The summed E-state index contributed by atoms with van der Waals surface area (Å²) in [6.45, 7) is 4.04. The highest BCUT2D eigenvalue weighted by Crippen LogP contribution is 2.27. The average Bonchev–Trinajstić information content (AvgIpc) is 3.18. The molecule has 2 aromatic rings. The van der Waals surface area contributed by atoms with Gasteiger partial charge in [0.25, 0.3) is 10.0 Å². The second-order valence-electron chi connectivity index (χ2n) is 7.34. The lowest BCUT2D eigenvalue weighted by Gasteiger charge is -2.25. The van der Waals surface area contributed by atoms with Gasteiger partial charge >= 0.3 is 0 Å². The van der Waals surface area contributed by atoms with E-state index < -0.39 is 10.0 Å². The Balaban J connectivity index is 1.51. The van der Waals surface area contributed by atoms with Crippen LogP contribution in [0.2, 0.25) is 0 Å². The molecule has 29 heavy (non-hydrogen) atoms. The molecule has 158 valence electrons. The topological polar surface area (TPSA) is 66.9 Å². The molecule has 0 saturated carbocycles. The fourth-order valence-corrected chi connectivity index (χ4v) is 6.26. The number of rotatable bonds is 8. The van der Waals surface area contributed by atoms with Gasteiger partial charge in [-0.1, -0.05) is 18.6 Å². The molecule has 1 saturated heterocycles. The summed E-state index contributed by atoms with van der Waals surface area (Å²) in [6.07, 6.45) is 3.09. The molecule has 0 radical (unpaired) electrons. The van der Waals surface area contributed by atoms with Crippen LogP contribution >= 0.6 is 11.3 Å². The number of thiophene rings is 1. The maximum absolute atomic E-state index is 12.7. The standard InChI is InChI=1S/C21H28N2O4S2/c1-17-7-6-8-18(15-17)27-14-13-22(2)20(24)16-19-9-10-21(28-19)29(25,26)23-11-4-3-5-12-23/h6-10,15H,3-5,11-14,16H2,1-2H3. The van der Waals surface area contributed by atoms with E-state index in [1.54, 1.807) is 28.4 Å². The normalized spacial score (nSPS) is 15.2. The molecule has 0 spiro atoms. The van der Waals surface area contributed by atoms with Crippen molar-refractivity contribution >= 4 is 27.3 Å². The minimum atomic E-state index is -3.44. The van der Waals surface area contributed by atoms with Crippen LogP contribution in [0.25, 0.3) is 0 Å². The van der Waals surface area contributed by atoms with Crippen molar-refractivity contribution < 1.29 is 17.9 Å². The third kappa shape index (κ3) is 5.81. The van der Waals surface area contributed by atoms with Gasteiger partial charge in [0.2, 0.25) is 5.91 Å². The maximum atomic E-state index is 12.7. The van der Waals surface area contributed by atoms with Crippen molar-refractivity contribution in [1.82, 2.24) is 9.21 Å². The molecule has 1 aliphatic rings. The zero-order chi connectivity index (χ0) is 20.9. The Hall–Kier alpha value is -1.90. The predicted molar refractivity (Wildman–Crippen MR) is 115 cm³/mol. The molecule has 1 fully saturated rings. The molecule has 8 heteroatoms. The monoisotopic (exact) mass is 436 g/mol. The fraction of sp³-hybridized carbons (Fsp3) is 0.476. The van der Waals surface area contributed by atoms with Gasteiger partial charge in [0.05, 0.1) is 13.0 Å². The largest absolute Gasteiger partial charge is 0.492 e. The van der Waals surface area contributed by atoms with Crippen LogP contribution in [-0.4, -0.2) is 56.8 Å². The molecule has 0 unspecified atom stereocenters. The van der Waals surface area contributed by atoms with Crippen LogP contribution in [0.3, 0.4) is 0 Å².